The van der Waals surface area contributed by atoms with E-state index in [1.165, 1.54) is 6.92 Å². The molecule has 196 valence electrons. The standard InChI is InChI=1S/C28H36O8/c1-5-6-13-34-25(33)36-28(23(32)16-35-17(2)29)12-10-21-20-8-7-18-14-19(30)9-11-26(18,3)24(20)22(31)15-27(21,28)4/h9,11,14,20-21,24H,5-8,10,12-13,15-16H2,1-4H3/t20-,21-,24+,26-,27-,28-/m0/s1. The lowest BCUT2D eigenvalue weighted by atomic mass is 9.46. The van der Waals surface area contributed by atoms with Gasteiger partial charge < -0.3 is 14.2 Å². The summed E-state index contributed by atoms with van der Waals surface area (Å²) in [5.41, 5.74) is -2.13. The number of carbonyl (C=O) groups is 5. The molecule has 0 aliphatic heterocycles. The van der Waals surface area contributed by atoms with Crippen molar-refractivity contribution in [2.24, 2.45) is 28.6 Å². The molecule has 0 bridgehead atoms. The number of rotatable bonds is 7. The number of allylic oxidation sites excluding steroid dienone is 4. The average molecular weight is 501 g/mol. The van der Waals surface area contributed by atoms with Crippen LogP contribution in [0.3, 0.4) is 0 Å². The van der Waals surface area contributed by atoms with Crippen molar-refractivity contribution in [3.05, 3.63) is 23.8 Å². The van der Waals surface area contributed by atoms with Gasteiger partial charge in [-0.2, -0.15) is 0 Å². The van der Waals surface area contributed by atoms with Crippen molar-refractivity contribution in [3.8, 4) is 0 Å². The van der Waals surface area contributed by atoms with Crippen LogP contribution in [0.25, 0.3) is 0 Å². The third kappa shape index (κ3) is 4.12. The fourth-order valence-electron chi connectivity index (χ4n) is 7.46. The molecule has 0 aromatic rings. The number of ether oxygens (including phenoxy) is 3. The van der Waals surface area contributed by atoms with Crippen molar-refractivity contribution in [2.45, 2.75) is 78.2 Å². The summed E-state index contributed by atoms with van der Waals surface area (Å²) in [6.45, 7) is 6.70. The Bertz CT molecular complexity index is 1040. The Morgan fingerprint density at radius 1 is 1.11 bits per heavy atom. The first-order chi connectivity index (χ1) is 17.0. The second-order valence-electron chi connectivity index (χ2n) is 11.2. The van der Waals surface area contributed by atoms with Gasteiger partial charge >= 0.3 is 12.1 Å². The SMILES string of the molecule is CCCCOC(=O)O[C@]1(C(=O)COC(C)=O)CC[C@H]2[C@@H]3CCC4=CC(=O)C=C[C@]4(C)[C@H]3C(=O)C[C@@]21C. The molecule has 3 fully saturated rings. The van der Waals surface area contributed by atoms with Gasteiger partial charge in [0.15, 0.2) is 18.0 Å². The molecule has 0 unspecified atom stereocenters. The lowest BCUT2D eigenvalue weighted by molar-refractivity contribution is -0.176. The molecule has 8 heteroatoms. The van der Waals surface area contributed by atoms with Crippen LogP contribution in [0.1, 0.15) is 72.6 Å². The summed E-state index contributed by atoms with van der Waals surface area (Å²) in [4.78, 5) is 63.7. The zero-order valence-corrected chi connectivity index (χ0v) is 21.6. The minimum atomic E-state index is -1.62. The Morgan fingerprint density at radius 3 is 2.56 bits per heavy atom. The lowest BCUT2D eigenvalue weighted by Gasteiger charge is -2.57. The largest absolute Gasteiger partial charge is 0.509 e. The smallest absolute Gasteiger partial charge is 0.458 e. The molecule has 4 aliphatic rings. The van der Waals surface area contributed by atoms with E-state index in [-0.39, 0.29) is 48.8 Å². The fraction of sp³-hybridized carbons (Fsp3) is 0.679. The Hall–Kier alpha value is -2.77. The van der Waals surface area contributed by atoms with E-state index in [0.717, 1.165) is 12.0 Å². The lowest BCUT2D eigenvalue weighted by Crippen LogP contribution is -2.62. The van der Waals surface area contributed by atoms with Crippen molar-refractivity contribution in [3.63, 3.8) is 0 Å². The number of unbranched alkanes of at least 4 members (excludes halogenated alkanes) is 1. The molecule has 0 heterocycles. The minimum Gasteiger partial charge on any atom is -0.458 e. The zero-order valence-electron chi connectivity index (χ0n) is 21.6. The number of hydrogen-bond acceptors (Lipinski definition) is 8. The number of fused-ring (bicyclic) bond motifs is 5. The van der Waals surface area contributed by atoms with Crippen LogP contribution < -0.4 is 0 Å². The molecule has 36 heavy (non-hydrogen) atoms. The molecule has 4 rings (SSSR count). The van der Waals surface area contributed by atoms with Gasteiger partial charge in [-0.05, 0) is 56.1 Å². The predicted molar refractivity (Wildman–Crippen MR) is 129 cm³/mol. The highest BCUT2D eigenvalue weighted by Gasteiger charge is 2.70. The maximum atomic E-state index is 13.9. The monoisotopic (exact) mass is 500 g/mol. The molecule has 0 saturated heterocycles. The summed E-state index contributed by atoms with van der Waals surface area (Å²) < 4.78 is 16.1. The van der Waals surface area contributed by atoms with E-state index in [1.54, 1.807) is 12.2 Å². The van der Waals surface area contributed by atoms with E-state index >= 15 is 0 Å². The molecule has 6 atom stereocenters. The number of carbonyl (C=O) groups excluding carboxylic acids is 5. The van der Waals surface area contributed by atoms with Crippen molar-refractivity contribution in [2.75, 3.05) is 13.2 Å². The van der Waals surface area contributed by atoms with E-state index in [0.29, 0.717) is 25.7 Å². The van der Waals surface area contributed by atoms with Gasteiger partial charge in [0, 0.05) is 30.1 Å². The summed E-state index contributed by atoms with van der Waals surface area (Å²) in [5.74, 6) is -1.58. The molecular formula is C28H36O8. The van der Waals surface area contributed by atoms with Gasteiger partial charge in [-0.1, -0.05) is 38.8 Å². The van der Waals surface area contributed by atoms with Crippen LogP contribution in [-0.2, 0) is 33.4 Å². The first-order valence-electron chi connectivity index (χ1n) is 13.0. The normalized spacial score (nSPS) is 36.8. The summed E-state index contributed by atoms with van der Waals surface area (Å²) in [7, 11) is 0. The van der Waals surface area contributed by atoms with Crippen molar-refractivity contribution < 1.29 is 38.2 Å². The molecule has 0 radical (unpaired) electrons. The number of hydrogen-bond donors (Lipinski definition) is 0. The molecule has 0 N–H and O–H groups in total. The van der Waals surface area contributed by atoms with E-state index < -0.39 is 40.9 Å². The Kier molecular flexibility index (Phi) is 7.01. The molecular weight excluding hydrogens is 464 g/mol. The topological polar surface area (TPSA) is 113 Å². The van der Waals surface area contributed by atoms with Gasteiger partial charge in [0.1, 0.15) is 5.78 Å². The Morgan fingerprint density at radius 2 is 1.86 bits per heavy atom. The van der Waals surface area contributed by atoms with Gasteiger partial charge in [0.2, 0.25) is 5.78 Å². The molecule has 4 aliphatic carbocycles. The maximum absolute atomic E-state index is 13.9. The van der Waals surface area contributed by atoms with E-state index in [1.807, 2.05) is 26.8 Å². The number of esters is 1. The zero-order chi connectivity index (χ0) is 26.3. The average Bonchev–Trinajstić information content (AvgIpc) is 3.10. The molecule has 0 amide bonds. The van der Waals surface area contributed by atoms with Crippen molar-refractivity contribution >= 4 is 29.5 Å². The van der Waals surface area contributed by atoms with Crippen molar-refractivity contribution in [1.82, 2.24) is 0 Å². The molecule has 0 aromatic carbocycles. The second kappa shape index (κ2) is 9.60. The third-order valence-corrected chi connectivity index (χ3v) is 9.21. The summed E-state index contributed by atoms with van der Waals surface area (Å²) >= 11 is 0. The van der Waals surface area contributed by atoms with Crippen LogP contribution in [0, 0.1) is 28.6 Å². The predicted octanol–water partition coefficient (Wildman–Crippen LogP) is 4.30. The summed E-state index contributed by atoms with van der Waals surface area (Å²) in [5, 5.41) is 0. The first kappa shape index (κ1) is 26.3. The van der Waals surface area contributed by atoms with Gasteiger partial charge in [0.25, 0.3) is 0 Å². The third-order valence-electron chi connectivity index (χ3n) is 9.21. The van der Waals surface area contributed by atoms with E-state index in [9.17, 15) is 24.0 Å². The molecule has 3 saturated carbocycles. The van der Waals surface area contributed by atoms with Crippen LogP contribution in [0.5, 0.6) is 0 Å². The van der Waals surface area contributed by atoms with Crippen molar-refractivity contribution in [1.29, 1.82) is 0 Å². The van der Waals surface area contributed by atoms with Gasteiger partial charge in [0.05, 0.1) is 6.61 Å². The van der Waals surface area contributed by atoms with Gasteiger partial charge in [-0.25, -0.2) is 4.79 Å². The molecule has 0 aromatic heterocycles. The van der Waals surface area contributed by atoms with Gasteiger partial charge in [-0.3, -0.25) is 19.2 Å². The minimum absolute atomic E-state index is 0.000334. The molecule has 8 nitrogen and oxygen atoms in total. The van der Waals surface area contributed by atoms with Crippen LogP contribution in [0.15, 0.2) is 23.8 Å². The number of Topliss-reactive ketones (excluding diaryl/α,β-unsaturated/α-hetero) is 2. The fourth-order valence-corrected chi connectivity index (χ4v) is 7.46. The Balaban J connectivity index is 1.69. The summed E-state index contributed by atoms with van der Waals surface area (Å²) in [6, 6.07) is 0. The maximum Gasteiger partial charge on any atom is 0.509 e. The van der Waals surface area contributed by atoms with Gasteiger partial charge in [-0.15, -0.1) is 0 Å². The second-order valence-corrected chi connectivity index (χ2v) is 11.2. The highest BCUT2D eigenvalue weighted by atomic mass is 16.7. The van der Waals surface area contributed by atoms with E-state index in [2.05, 4.69) is 0 Å². The molecule has 0 spiro atoms. The van der Waals surface area contributed by atoms with E-state index in [4.69, 9.17) is 14.2 Å². The summed E-state index contributed by atoms with van der Waals surface area (Å²) in [6.07, 6.45) is 7.93. The highest BCUT2D eigenvalue weighted by Crippen LogP contribution is 2.67. The number of ketones is 3. The van der Waals surface area contributed by atoms with Crippen LogP contribution in [0.4, 0.5) is 4.79 Å². The van der Waals surface area contributed by atoms with Crippen LogP contribution >= 0.6 is 0 Å². The Labute approximate surface area is 211 Å². The van der Waals surface area contributed by atoms with Crippen LogP contribution in [0.2, 0.25) is 0 Å². The van der Waals surface area contributed by atoms with Crippen LogP contribution in [-0.4, -0.2) is 48.3 Å². The first-order valence-corrected chi connectivity index (χ1v) is 13.0. The highest BCUT2D eigenvalue weighted by molar-refractivity contribution is 6.02. The quantitative estimate of drug-likeness (QED) is 0.376.